The Morgan fingerprint density at radius 2 is 2.00 bits per heavy atom. The van der Waals surface area contributed by atoms with Crippen LogP contribution < -0.4 is 10.1 Å². The van der Waals surface area contributed by atoms with Crippen molar-refractivity contribution in [3.05, 3.63) is 29.3 Å². The summed E-state index contributed by atoms with van der Waals surface area (Å²) in [5.74, 6) is 0.452. The second-order valence-corrected chi connectivity index (χ2v) is 6.83. The van der Waals surface area contributed by atoms with Crippen LogP contribution in [0.4, 0.5) is 0 Å². The van der Waals surface area contributed by atoms with Crippen LogP contribution in [0, 0.1) is 0 Å². The lowest BCUT2D eigenvalue weighted by atomic mass is 10.1. The molecule has 1 amide bonds. The van der Waals surface area contributed by atoms with Gasteiger partial charge in [-0.1, -0.05) is 19.8 Å². The number of unbranched alkanes of at least 4 members (excludes halogenated alkanes) is 2. The smallest absolute Gasteiger partial charge is 0.232 e. The molecule has 0 aliphatic heterocycles. The van der Waals surface area contributed by atoms with E-state index in [9.17, 15) is 13.8 Å². The number of rotatable bonds is 10. The number of Topliss-reactive ketones (excluding diaryl/α,β-unsaturated/α-hetero) is 1. The molecule has 1 N–H and O–H groups in total. The molecule has 0 saturated carbocycles. The number of carbonyl (C=O) groups excluding carboxylic acids is 2. The van der Waals surface area contributed by atoms with Crippen LogP contribution in [0.15, 0.2) is 18.2 Å². The first-order valence-corrected chi connectivity index (χ1v) is 9.26. The monoisotopic (exact) mass is 339 g/mol. The van der Waals surface area contributed by atoms with Gasteiger partial charge in [0, 0.05) is 28.5 Å². The van der Waals surface area contributed by atoms with Gasteiger partial charge in [-0.05, 0) is 31.5 Å². The third-order valence-electron chi connectivity index (χ3n) is 3.40. The average molecular weight is 339 g/mol. The molecule has 6 heteroatoms. The lowest BCUT2D eigenvalue weighted by Gasteiger charge is -2.10. The van der Waals surface area contributed by atoms with Gasteiger partial charge < -0.3 is 10.1 Å². The second-order valence-electron chi connectivity index (χ2n) is 5.37. The minimum absolute atomic E-state index is 0.0421. The van der Waals surface area contributed by atoms with E-state index in [1.54, 1.807) is 18.2 Å². The Bertz CT molecular complexity index is 572. The molecule has 1 rings (SSSR count). The summed E-state index contributed by atoms with van der Waals surface area (Å²) in [5, 5.41) is 2.78. The highest BCUT2D eigenvalue weighted by molar-refractivity contribution is 7.84. The molecule has 0 spiro atoms. The molecule has 0 radical (unpaired) electrons. The Morgan fingerprint density at radius 3 is 2.61 bits per heavy atom. The number of ether oxygens (including phenoxy) is 1. The molecular weight excluding hydrogens is 314 g/mol. The van der Waals surface area contributed by atoms with E-state index >= 15 is 0 Å². The highest BCUT2D eigenvalue weighted by Gasteiger charge is 2.13. The van der Waals surface area contributed by atoms with Crippen molar-refractivity contribution in [1.29, 1.82) is 0 Å². The predicted molar refractivity (Wildman–Crippen MR) is 92.2 cm³/mol. The van der Waals surface area contributed by atoms with Gasteiger partial charge in [0.1, 0.15) is 11.5 Å². The van der Waals surface area contributed by atoms with Crippen LogP contribution in [0.5, 0.6) is 5.75 Å². The molecule has 23 heavy (non-hydrogen) atoms. The summed E-state index contributed by atoms with van der Waals surface area (Å²) in [6.07, 6.45) is 3.09. The lowest BCUT2D eigenvalue weighted by Crippen LogP contribution is -2.29. The largest absolute Gasteiger partial charge is 0.496 e. The Kier molecular flexibility index (Phi) is 8.55. The first-order valence-electron chi connectivity index (χ1n) is 7.77. The molecule has 0 saturated heterocycles. The normalized spacial score (nSPS) is 11.8. The molecule has 0 bridgehead atoms. The predicted octanol–water partition coefficient (Wildman–Crippen LogP) is 2.45. The Hall–Kier alpha value is -1.69. The van der Waals surface area contributed by atoms with E-state index in [-0.39, 0.29) is 23.2 Å². The van der Waals surface area contributed by atoms with Crippen molar-refractivity contribution in [2.45, 2.75) is 38.9 Å². The number of amides is 1. The molecule has 0 unspecified atom stereocenters. The maximum atomic E-state index is 12.2. The van der Waals surface area contributed by atoms with E-state index in [1.165, 1.54) is 14.0 Å². The van der Waals surface area contributed by atoms with Crippen molar-refractivity contribution in [3.8, 4) is 5.75 Å². The zero-order valence-corrected chi connectivity index (χ0v) is 14.8. The molecule has 1 aromatic rings. The third kappa shape index (κ3) is 6.95. The number of benzene rings is 1. The van der Waals surface area contributed by atoms with Crippen LogP contribution in [-0.2, 0) is 21.3 Å². The minimum Gasteiger partial charge on any atom is -0.496 e. The average Bonchev–Trinajstić information content (AvgIpc) is 2.51. The van der Waals surface area contributed by atoms with E-state index in [0.717, 1.165) is 19.3 Å². The zero-order chi connectivity index (χ0) is 17.2. The summed E-state index contributed by atoms with van der Waals surface area (Å²) in [4.78, 5) is 23.2. The van der Waals surface area contributed by atoms with Crippen LogP contribution in [0.25, 0.3) is 0 Å². The van der Waals surface area contributed by atoms with Crippen molar-refractivity contribution in [1.82, 2.24) is 5.32 Å². The number of hydrogen-bond acceptors (Lipinski definition) is 4. The minimum atomic E-state index is -1.35. The molecule has 0 fully saturated rings. The molecule has 5 nitrogen and oxygen atoms in total. The van der Waals surface area contributed by atoms with Crippen molar-refractivity contribution >= 4 is 22.5 Å². The van der Waals surface area contributed by atoms with Crippen LogP contribution in [0.2, 0.25) is 0 Å². The van der Waals surface area contributed by atoms with Gasteiger partial charge in [0.15, 0.2) is 5.78 Å². The van der Waals surface area contributed by atoms with Crippen molar-refractivity contribution < 1.29 is 18.5 Å². The number of methoxy groups -OCH3 is 1. The van der Waals surface area contributed by atoms with E-state index in [2.05, 4.69) is 12.2 Å². The van der Waals surface area contributed by atoms with Gasteiger partial charge in [-0.3, -0.25) is 13.8 Å². The topological polar surface area (TPSA) is 72.5 Å². The lowest BCUT2D eigenvalue weighted by molar-refractivity contribution is -0.118. The van der Waals surface area contributed by atoms with Gasteiger partial charge in [-0.15, -0.1) is 0 Å². The quantitative estimate of drug-likeness (QED) is 0.525. The van der Waals surface area contributed by atoms with Crippen LogP contribution in [0.3, 0.4) is 0 Å². The fourth-order valence-corrected chi connectivity index (χ4v) is 3.20. The van der Waals surface area contributed by atoms with Gasteiger partial charge in [0.2, 0.25) is 5.91 Å². The SMILES string of the molecule is CCCCCNC(=O)C[S@@](=O)Cc1cc(C(C)=O)ccc1OC. The highest BCUT2D eigenvalue weighted by Crippen LogP contribution is 2.21. The van der Waals surface area contributed by atoms with Crippen molar-refractivity contribution in [2.24, 2.45) is 0 Å². The van der Waals surface area contributed by atoms with E-state index < -0.39 is 10.8 Å². The molecular formula is C17H25NO4S. The summed E-state index contributed by atoms with van der Waals surface area (Å²) in [6, 6.07) is 5.04. The fourth-order valence-electron chi connectivity index (χ4n) is 2.13. The standard InChI is InChI=1S/C17H25NO4S/c1-4-5-6-9-18-17(20)12-23(21)11-15-10-14(13(2)19)7-8-16(15)22-3/h7-8,10H,4-6,9,11-12H2,1-3H3,(H,18,20)/t23-/m0/s1. The molecule has 1 aromatic carbocycles. The maximum absolute atomic E-state index is 12.2. The van der Waals surface area contributed by atoms with Gasteiger partial charge >= 0.3 is 0 Å². The number of nitrogens with one attached hydrogen (secondary N) is 1. The van der Waals surface area contributed by atoms with Crippen molar-refractivity contribution in [2.75, 3.05) is 19.4 Å². The molecule has 1 atom stereocenters. The number of carbonyl (C=O) groups is 2. The summed E-state index contributed by atoms with van der Waals surface area (Å²) in [7, 11) is 0.178. The summed E-state index contributed by atoms with van der Waals surface area (Å²) < 4.78 is 17.4. The van der Waals surface area contributed by atoms with E-state index in [0.29, 0.717) is 23.4 Å². The fraction of sp³-hybridized carbons (Fsp3) is 0.529. The Morgan fingerprint density at radius 1 is 1.26 bits per heavy atom. The molecule has 0 aliphatic rings. The van der Waals surface area contributed by atoms with E-state index in [4.69, 9.17) is 4.74 Å². The molecule has 0 aromatic heterocycles. The molecule has 0 heterocycles. The second kappa shape index (κ2) is 10.2. The first kappa shape index (κ1) is 19.4. The third-order valence-corrected chi connectivity index (χ3v) is 4.62. The van der Waals surface area contributed by atoms with Gasteiger partial charge in [0.25, 0.3) is 0 Å². The Labute approximate surface area is 140 Å². The Balaban J connectivity index is 2.60. The zero-order valence-electron chi connectivity index (χ0n) is 14.0. The summed E-state index contributed by atoms with van der Waals surface area (Å²) >= 11 is 0. The van der Waals surface area contributed by atoms with Gasteiger partial charge in [-0.2, -0.15) is 0 Å². The summed E-state index contributed by atoms with van der Waals surface area (Å²) in [5.41, 5.74) is 1.22. The van der Waals surface area contributed by atoms with Gasteiger partial charge in [0.05, 0.1) is 12.9 Å². The number of hydrogen-bond donors (Lipinski definition) is 1. The van der Waals surface area contributed by atoms with Gasteiger partial charge in [-0.25, -0.2) is 0 Å². The van der Waals surface area contributed by atoms with Crippen molar-refractivity contribution in [3.63, 3.8) is 0 Å². The summed E-state index contributed by atoms with van der Waals surface area (Å²) in [6.45, 7) is 4.19. The van der Waals surface area contributed by atoms with Crippen LogP contribution in [0.1, 0.15) is 49.0 Å². The van der Waals surface area contributed by atoms with E-state index in [1.807, 2.05) is 0 Å². The molecule has 128 valence electrons. The first-order chi connectivity index (χ1) is 11.0. The number of ketones is 1. The highest BCUT2D eigenvalue weighted by atomic mass is 32.2. The van der Waals surface area contributed by atoms with Crippen LogP contribution in [-0.4, -0.2) is 35.3 Å². The molecule has 0 aliphatic carbocycles. The maximum Gasteiger partial charge on any atom is 0.232 e. The van der Waals surface area contributed by atoms with Crippen LogP contribution >= 0.6 is 0 Å².